The van der Waals surface area contributed by atoms with Crippen LogP contribution in [0.3, 0.4) is 0 Å². The highest BCUT2D eigenvalue weighted by Crippen LogP contribution is 2.16. The molecule has 0 heterocycles. The van der Waals surface area contributed by atoms with Gasteiger partial charge in [-0.25, -0.2) is 0 Å². The summed E-state index contributed by atoms with van der Waals surface area (Å²) in [6, 6.07) is 15.4. The zero-order valence-corrected chi connectivity index (χ0v) is 11.8. The summed E-state index contributed by atoms with van der Waals surface area (Å²) in [5, 5.41) is 2.61. The third-order valence-electron chi connectivity index (χ3n) is 2.97. The minimum Gasteiger partial charge on any atom is -0.327 e. The maximum atomic E-state index is 6.06. The van der Waals surface area contributed by atoms with Gasteiger partial charge >= 0.3 is 0 Å². The first-order chi connectivity index (χ1) is 8.79. The maximum absolute atomic E-state index is 6.06. The van der Waals surface area contributed by atoms with Crippen molar-refractivity contribution in [2.75, 3.05) is 0 Å². The van der Waals surface area contributed by atoms with E-state index in [1.54, 1.807) is 0 Å². The van der Waals surface area contributed by atoms with Crippen molar-refractivity contribution in [3.8, 4) is 0 Å². The molecule has 0 saturated heterocycles. The molecule has 0 fully saturated rings. The Morgan fingerprint density at radius 2 is 1.67 bits per heavy atom. The summed E-state index contributed by atoms with van der Waals surface area (Å²) in [7, 11) is 0. The summed E-state index contributed by atoms with van der Waals surface area (Å²) in [4.78, 5) is 0. The lowest BCUT2D eigenvalue weighted by atomic mass is 10.00. The van der Waals surface area contributed by atoms with Crippen LogP contribution in [-0.2, 0) is 6.42 Å². The van der Waals surface area contributed by atoms with Gasteiger partial charge in [-0.3, -0.25) is 0 Å². The number of fused-ring (bicyclic) bond motifs is 1. The molecule has 1 atom stereocenters. The molecule has 0 aliphatic carbocycles. The normalized spacial score (nSPS) is 11.8. The summed E-state index contributed by atoms with van der Waals surface area (Å²) in [6.07, 6.45) is 3.25. The Morgan fingerprint density at radius 3 is 2.33 bits per heavy atom. The van der Waals surface area contributed by atoms with E-state index in [4.69, 9.17) is 5.73 Å². The zero-order chi connectivity index (χ0) is 13.4. The van der Waals surface area contributed by atoms with Crippen molar-refractivity contribution >= 4 is 10.8 Å². The number of hydrogen-bond acceptors (Lipinski definition) is 1. The quantitative estimate of drug-likeness (QED) is 0.838. The van der Waals surface area contributed by atoms with E-state index in [1.807, 2.05) is 13.8 Å². The van der Waals surface area contributed by atoms with Gasteiger partial charge in [-0.2, -0.15) is 0 Å². The van der Waals surface area contributed by atoms with Crippen molar-refractivity contribution in [2.45, 2.75) is 46.1 Å². The van der Waals surface area contributed by atoms with E-state index in [2.05, 4.69) is 49.4 Å². The third-order valence-corrected chi connectivity index (χ3v) is 2.97. The van der Waals surface area contributed by atoms with Gasteiger partial charge in [-0.05, 0) is 29.2 Å². The van der Waals surface area contributed by atoms with Crippen molar-refractivity contribution in [1.29, 1.82) is 0 Å². The van der Waals surface area contributed by atoms with E-state index < -0.39 is 0 Å². The second kappa shape index (κ2) is 7.88. The van der Waals surface area contributed by atoms with Crippen LogP contribution in [0.1, 0.15) is 39.2 Å². The van der Waals surface area contributed by atoms with Crippen molar-refractivity contribution in [3.05, 3.63) is 48.0 Å². The minimum atomic E-state index is 0.297. The van der Waals surface area contributed by atoms with Gasteiger partial charge in [0.25, 0.3) is 0 Å². The molecule has 0 radical (unpaired) electrons. The lowest BCUT2D eigenvalue weighted by molar-refractivity contribution is 0.601. The van der Waals surface area contributed by atoms with E-state index in [1.165, 1.54) is 16.3 Å². The van der Waals surface area contributed by atoms with Gasteiger partial charge < -0.3 is 5.73 Å². The summed E-state index contributed by atoms with van der Waals surface area (Å²) in [6.45, 7) is 6.18. The van der Waals surface area contributed by atoms with Crippen molar-refractivity contribution in [1.82, 2.24) is 0 Å². The molecule has 0 aromatic heterocycles. The average molecular weight is 243 g/mol. The number of benzene rings is 2. The van der Waals surface area contributed by atoms with Gasteiger partial charge in [0.05, 0.1) is 0 Å². The molecule has 0 bridgehead atoms. The Bertz CT molecular complexity index is 462. The predicted octanol–water partition coefficient (Wildman–Crippen LogP) is 4.54. The Kier molecular flexibility index (Phi) is 6.45. The molecule has 0 aliphatic rings. The van der Waals surface area contributed by atoms with Gasteiger partial charge in [-0.15, -0.1) is 0 Å². The van der Waals surface area contributed by atoms with Crippen LogP contribution in [0.5, 0.6) is 0 Å². The van der Waals surface area contributed by atoms with Crippen LogP contribution in [0.15, 0.2) is 42.5 Å². The fraction of sp³-hybridized carbons (Fsp3) is 0.412. The fourth-order valence-corrected chi connectivity index (χ4v) is 2.14. The van der Waals surface area contributed by atoms with Crippen LogP contribution in [0.25, 0.3) is 10.8 Å². The molecule has 1 unspecified atom stereocenters. The van der Waals surface area contributed by atoms with Crippen molar-refractivity contribution < 1.29 is 0 Å². The summed E-state index contributed by atoms with van der Waals surface area (Å²) >= 11 is 0. The molecule has 1 heteroatoms. The number of hydrogen-bond donors (Lipinski definition) is 1. The Morgan fingerprint density at radius 1 is 1.00 bits per heavy atom. The second-order valence-electron chi connectivity index (χ2n) is 4.43. The van der Waals surface area contributed by atoms with Crippen LogP contribution >= 0.6 is 0 Å². The van der Waals surface area contributed by atoms with Crippen LogP contribution < -0.4 is 5.73 Å². The van der Waals surface area contributed by atoms with Gasteiger partial charge in [0.15, 0.2) is 0 Å². The van der Waals surface area contributed by atoms with Gasteiger partial charge in [0, 0.05) is 6.04 Å². The van der Waals surface area contributed by atoms with E-state index >= 15 is 0 Å². The summed E-state index contributed by atoms with van der Waals surface area (Å²) < 4.78 is 0. The largest absolute Gasteiger partial charge is 0.327 e. The standard InChI is InChI=1S/C15H19N.C2H6/c1-2-5-15(16)11-12-8-9-13-6-3-4-7-14(13)10-12;1-2/h3-4,6-10,15H,2,5,11,16H2,1H3;1-2H3. The minimum absolute atomic E-state index is 0.297. The van der Waals surface area contributed by atoms with Gasteiger partial charge in [0.1, 0.15) is 0 Å². The van der Waals surface area contributed by atoms with Gasteiger partial charge in [0.2, 0.25) is 0 Å². The average Bonchev–Trinajstić information content (AvgIpc) is 2.41. The zero-order valence-electron chi connectivity index (χ0n) is 11.8. The first kappa shape index (κ1) is 14.7. The molecule has 1 nitrogen and oxygen atoms in total. The molecule has 18 heavy (non-hydrogen) atoms. The highest BCUT2D eigenvalue weighted by atomic mass is 14.6. The molecule has 98 valence electrons. The SMILES string of the molecule is CC.CCCC(N)Cc1ccc2ccccc2c1. The second-order valence-corrected chi connectivity index (χ2v) is 4.43. The molecule has 0 spiro atoms. The molecule has 2 aromatic carbocycles. The van der Waals surface area contributed by atoms with E-state index in [9.17, 15) is 0 Å². The van der Waals surface area contributed by atoms with Crippen molar-refractivity contribution in [2.24, 2.45) is 5.73 Å². The molecular formula is C17H25N. The van der Waals surface area contributed by atoms with Crippen LogP contribution in [0.2, 0.25) is 0 Å². The molecule has 2 aromatic rings. The van der Waals surface area contributed by atoms with Crippen LogP contribution in [0, 0.1) is 0 Å². The number of rotatable bonds is 4. The molecular weight excluding hydrogens is 218 g/mol. The molecule has 0 saturated carbocycles. The van der Waals surface area contributed by atoms with E-state index in [0.717, 1.165) is 19.3 Å². The Hall–Kier alpha value is -1.34. The van der Waals surface area contributed by atoms with Gasteiger partial charge in [-0.1, -0.05) is 69.7 Å². The number of nitrogens with two attached hydrogens (primary N) is 1. The molecule has 0 amide bonds. The fourth-order valence-electron chi connectivity index (χ4n) is 2.14. The summed E-state index contributed by atoms with van der Waals surface area (Å²) in [5.41, 5.74) is 7.41. The third kappa shape index (κ3) is 4.15. The smallest absolute Gasteiger partial charge is 0.00792 e. The van der Waals surface area contributed by atoms with Crippen molar-refractivity contribution in [3.63, 3.8) is 0 Å². The molecule has 2 rings (SSSR count). The first-order valence-electron chi connectivity index (χ1n) is 7.03. The van der Waals surface area contributed by atoms with E-state index in [0.29, 0.717) is 6.04 Å². The lowest BCUT2D eigenvalue weighted by Gasteiger charge is -2.10. The summed E-state index contributed by atoms with van der Waals surface area (Å²) in [5.74, 6) is 0. The first-order valence-corrected chi connectivity index (χ1v) is 7.03. The maximum Gasteiger partial charge on any atom is 0.00792 e. The highest BCUT2D eigenvalue weighted by molar-refractivity contribution is 5.82. The highest BCUT2D eigenvalue weighted by Gasteiger charge is 2.03. The van der Waals surface area contributed by atoms with Crippen LogP contribution in [0.4, 0.5) is 0 Å². The Balaban J connectivity index is 0.000000771. The molecule has 2 N–H and O–H groups in total. The topological polar surface area (TPSA) is 26.0 Å². The van der Waals surface area contributed by atoms with Crippen LogP contribution in [-0.4, -0.2) is 6.04 Å². The monoisotopic (exact) mass is 243 g/mol. The molecule has 0 aliphatic heterocycles. The lowest BCUT2D eigenvalue weighted by Crippen LogP contribution is -2.22. The van der Waals surface area contributed by atoms with E-state index in [-0.39, 0.29) is 0 Å². The predicted molar refractivity (Wildman–Crippen MR) is 81.9 cm³/mol. The Labute approximate surface area is 111 Å².